The Kier molecular flexibility index (Phi) is 3.92. The van der Waals surface area contributed by atoms with Gasteiger partial charge in [-0.15, -0.1) is 0 Å². The Balaban J connectivity index is 2.08. The maximum Gasteiger partial charge on any atom is 0.340 e. The summed E-state index contributed by atoms with van der Waals surface area (Å²) < 4.78 is 16.5. The third-order valence-electron chi connectivity index (χ3n) is 4.79. The number of benzene rings is 1. The van der Waals surface area contributed by atoms with E-state index in [0.717, 1.165) is 11.8 Å². The lowest BCUT2D eigenvalue weighted by molar-refractivity contribution is -0.139. The van der Waals surface area contributed by atoms with Gasteiger partial charge in [-0.25, -0.2) is 4.79 Å². The Labute approximate surface area is 154 Å². The molecule has 0 saturated heterocycles. The molecule has 8 heteroatoms. The van der Waals surface area contributed by atoms with Gasteiger partial charge in [-0.05, 0) is 18.6 Å². The van der Waals surface area contributed by atoms with E-state index in [0.29, 0.717) is 5.56 Å². The van der Waals surface area contributed by atoms with E-state index in [1.807, 2.05) is 24.3 Å². The number of carbonyl (C=O) groups is 1. The second-order valence-electron chi connectivity index (χ2n) is 6.26. The Morgan fingerprint density at radius 3 is 2.93 bits per heavy atom. The summed E-state index contributed by atoms with van der Waals surface area (Å²) in [5, 5.41) is 12.7. The summed E-state index contributed by atoms with van der Waals surface area (Å²) >= 11 is 0. The van der Waals surface area contributed by atoms with Crippen LogP contribution in [0.15, 0.2) is 51.0 Å². The minimum absolute atomic E-state index is 0.0625. The highest BCUT2D eigenvalue weighted by atomic mass is 16.5. The quantitative estimate of drug-likeness (QED) is 0.683. The fourth-order valence-electron chi connectivity index (χ4n) is 3.71. The van der Waals surface area contributed by atoms with Crippen molar-refractivity contribution in [1.29, 1.82) is 0 Å². The average Bonchev–Trinajstić information content (AvgIpc) is 3.03. The monoisotopic (exact) mass is 370 g/mol. The van der Waals surface area contributed by atoms with Crippen LogP contribution in [0.3, 0.4) is 0 Å². The van der Waals surface area contributed by atoms with E-state index in [2.05, 4.69) is 5.32 Å². The number of hydrogen-bond acceptors (Lipinski definition) is 8. The fraction of sp³-hybridized carbons (Fsp3) is 0.263. The number of hydrogen-bond donors (Lipinski definition) is 3. The first-order valence-electron chi connectivity index (χ1n) is 8.49. The highest BCUT2D eigenvalue weighted by molar-refractivity contribution is 5.96. The molecule has 0 amide bonds. The van der Waals surface area contributed by atoms with Gasteiger partial charge in [0.2, 0.25) is 17.1 Å². The van der Waals surface area contributed by atoms with E-state index in [9.17, 15) is 14.7 Å². The predicted molar refractivity (Wildman–Crippen MR) is 95.1 cm³/mol. The molecule has 1 atom stereocenters. The summed E-state index contributed by atoms with van der Waals surface area (Å²) in [6, 6.07) is 8.48. The molecule has 4 N–H and O–H groups in total. The summed E-state index contributed by atoms with van der Waals surface area (Å²) in [6.45, 7) is 1.58. The Morgan fingerprint density at radius 1 is 1.41 bits per heavy atom. The zero-order valence-corrected chi connectivity index (χ0v) is 14.6. The Hall–Kier alpha value is -3.26. The molecule has 0 radical (unpaired) electrons. The van der Waals surface area contributed by atoms with Crippen molar-refractivity contribution in [3.63, 3.8) is 0 Å². The maximum absolute atomic E-state index is 12.8. The van der Waals surface area contributed by atoms with E-state index < -0.39 is 23.4 Å². The van der Waals surface area contributed by atoms with Crippen molar-refractivity contribution in [2.24, 2.45) is 5.73 Å². The SMILES string of the molecule is CCOC(=O)C1=C(N)Oc2c(oc(CO)cc2=O)C12CNc1ccccc12. The van der Waals surface area contributed by atoms with Crippen molar-refractivity contribution >= 4 is 11.7 Å². The number of anilines is 1. The molecule has 4 rings (SSSR count). The Bertz CT molecular complexity index is 1030. The molecule has 1 aromatic heterocycles. The van der Waals surface area contributed by atoms with Crippen molar-refractivity contribution in [3.8, 4) is 5.75 Å². The third kappa shape index (κ3) is 2.33. The number of aliphatic hydroxyl groups excluding tert-OH is 1. The third-order valence-corrected chi connectivity index (χ3v) is 4.79. The molecule has 2 aromatic rings. The maximum atomic E-state index is 12.8. The zero-order chi connectivity index (χ0) is 19.2. The van der Waals surface area contributed by atoms with Crippen LogP contribution in [-0.4, -0.2) is 24.2 Å². The van der Waals surface area contributed by atoms with Gasteiger partial charge in [0, 0.05) is 18.3 Å². The minimum Gasteiger partial charge on any atom is -0.462 e. The lowest BCUT2D eigenvalue weighted by Crippen LogP contribution is -2.44. The molecule has 0 saturated carbocycles. The number of fused-ring (bicyclic) bond motifs is 4. The molecule has 27 heavy (non-hydrogen) atoms. The fourth-order valence-corrected chi connectivity index (χ4v) is 3.71. The van der Waals surface area contributed by atoms with E-state index >= 15 is 0 Å². The van der Waals surface area contributed by atoms with Gasteiger partial charge in [0.1, 0.15) is 23.4 Å². The summed E-state index contributed by atoms with van der Waals surface area (Å²) in [5.41, 5.74) is 5.93. The molecular formula is C19H18N2O6. The number of carbonyl (C=O) groups excluding carboxylic acids is 1. The van der Waals surface area contributed by atoms with Crippen LogP contribution in [0.1, 0.15) is 24.0 Å². The smallest absolute Gasteiger partial charge is 0.340 e. The standard InChI is InChI=1S/C19H18N2O6/c1-2-25-18(24)14-17(20)27-15-13(23)7-10(8-22)26-16(15)19(14)9-21-12-6-4-3-5-11(12)19/h3-7,21-22H,2,8-9,20H2,1H3. The number of nitrogens with one attached hydrogen (secondary N) is 1. The van der Waals surface area contributed by atoms with Crippen molar-refractivity contribution < 1.29 is 23.8 Å². The Morgan fingerprint density at radius 2 is 2.19 bits per heavy atom. The molecule has 2 aliphatic heterocycles. The number of esters is 1. The zero-order valence-electron chi connectivity index (χ0n) is 14.6. The summed E-state index contributed by atoms with van der Waals surface area (Å²) in [6.07, 6.45) is 0. The van der Waals surface area contributed by atoms with Gasteiger partial charge in [-0.1, -0.05) is 18.2 Å². The van der Waals surface area contributed by atoms with Crippen molar-refractivity contribution in [1.82, 2.24) is 0 Å². The van der Waals surface area contributed by atoms with Gasteiger partial charge >= 0.3 is 5.97 Å². The number of rotatable bonds is 3. The van der Waals surface area contributed by atoms with E-state index in [-0.39, 0.29) is 41.9 Å². The molecule has 1 unspecified atom stereocenters. The second kappa shape index (κ2) is 6.17. The molecule has 8 nitrogen and oxygen atoms in total. The van der Waals surface area contributed by atoms with Crippen LogP contribution in [-0.2, 0) is 21.6 Å². The first-order chi connectivity index (χ1) is 13.0. The van der Waals surface area contributed by atoms with Gasteiger partial charge in [-0.2, -0.15) is 0 Å². The normalized spacial score (nSPS) is 19.9. The van der Waals surface area contributed by atoms with Gasteiger partial charge in [0.15, 0.2) is 5.76 Å². The van der Waals surface area contributed by atoms with Gasteiger partial charge < -0.3 is 30.0 Å². The highest BCUT2D eigenvalue weighted by Crippen LogP contribution is 2.52. The number of ether oxygens (including phenoxy) is 2. The van der Waals surface area contributed by atoms with Gasteiger partial charge in [-0.3, -0.25) is 4.79 Å². The van der Waals surface area contributed by atoms with Crippen molar-refractivity contribution in [3.05, 3.63) is 69.1 Å². The summed E-state index contributed by atoms with van der Waals surface area (Å²) in [4.78, 5) is 25.3. The van der Waals surface area contributed by atoms with E-state index in [1.54, 1.807) is 6.92 Å². The first-order valence-corrected chi connectivity index (χ1v) is 8.49. The number of nitrogens with two attached hydrogens (primary N) is 1. The van der Waals surface area contributed by atoms with E-state index in [4.69, 9.17) is 19.6 Å². The van der Waals surface area contributed by atoms with E-state index in [1.165, 1.54) is 0 Å². The molecule has 2 aliphatic rings. The minimum atomic E-state index is -1.20. The van der Waals surface area contributed by atoms with Crippen LogP contribution >= 0.6 is 0 Å². The lowest BCUT2D eigenvalue weighted by atomic mass is 9.72. The average molecular weight is 370 g/mol. The van der Waals surface area contributed by atoms with Crippen LogP contribution in [0.4, 0.5) is 5.69 Å². The van der Waals surface area contributed by atoms with Crippen LogP contribution in [0.25, 0.3) is 0 Å². The second-order valence-corrected chi connectivity index (χ2v) is 6.26. The van der Waals surface area contributed by atoms with Crippen LogP contribution in [0.2, 0.25) is 0 Å². The topological polar surface area (TPSA) is 124 Å². The number of para-hydroxylation sites is 1. The van der Waals surface area contributed by atoms with Crippen molar-refractivity contribution in [2.45, 2.75) is 18.9 Å². The van der Waals surface area contributed by atoms with Crippen LogP contribution < -0.4 is 21.2 Å². The van der Waals surface area contributed by atoms with Crippen LogP contribution in [0, 0.1) is 0 Å². The number of aliphatic hydroxyl groups is 1. The molecule has 0 aliphatic carbocycles. The highest BCUT2D eigenvalue weighted by Gasteiger charge is 2.55. The molecular weight excluding hydrogens is 352 g/mol. The molecule has 1 aromatic carbocycles. The van der Waals surface area contributed by atoms with Gasteiger partial charge in [0.05, 0.1) is 6.61 Å². The summed E-state index contributed by atoms with van der Waals surface area (Å²) in [7, 11) is 0. The predicted octanol–water partition coefficient (Wildman–Crippen LogP) is 0.969. The largest absolute Gasteiger partial charge is 0.462 e. The molecule has 0 bridgehead atoms. The summed E-state index contributed by atoms with van der Waals surface area (Å²) in [5.74, 6) is -0.778. The molecule has 3 heterocycles. The molecule has 140 valence electrons. The van der Waals surface area contributed by atoms with Gasteiger partial charge in [0.25, 0.3) is 0 Å². The lowest BCUT2D eigenvalue weighted by Gasteiger charge is -2.35. The molecule has 1 spiro atoms. The molecule has 0 fully saturated rings. The van der Waals surface area contributed by atoms with Crippen LogP contribution in [0.5, 0.6) is 5.75 Å². The van der Waals surface area contributed by atoms with Crippen molar-refractivity contribution in [2.75, 3.05) is 18.5 Å². The first kappa shape index (κ1) is 17.2.